The van der Waals surface area contributed by atoms with E-state index in [1.54, 1.807) is 24.4 Å². The van der Waals surface area contributed by atoms with Crippen molar-refractivity contribution < 1.29 is 18.3 Å². The number of carbonyl (C=O) groups is 1. The van der Waals surface area contributed by atoms with E-state index in [1.807, 2.05) is 6.07 Å². The van der Waals surface area contributed by atoms with Crippen molar-refractivity contribution in [2.75, 3.05) is 19.8 Å². The number of morpholine rings is 1. The molecule has 0 bridgehead atoms. The summed E-state index contributed by atoms with van der Waals surface area (Å²) in [5, 5.41) is 4.72. The third kappa shape index (κ3) is 3.73. The van der Waals surface area contributed by atoms with Crippen LogP contribution in [0.4, 0.5) is 8.78 Å². The van der Waals surface area contributed by atoms with E-state index in [1.165, 1.54) is 15.8 Å². The van der Waals surface area contributed by atoms with Crippen molar-refractivity contribution in [2.45, 2.75) is 18.9 Å². The molecular weight excluding hydrogens is 340 g/mol. The second-order valence-electron chi connectivity index (χ2n) is 5.51. The predicted molar refractivity (Wildman–Crippen MR) is 84.8 cm³/mol. The molecule has 2 aromatic rings. The molecule has 0 N–H and O–H groups in total. The normalized spacial score (nSPS) is 18.2. The van der Waals surface area contributed by atoms with Crippen molar-refractivity contribution >= 4 is 17.5 Å². The molecule has 1 unspecified atom stereocenters. The topological polar surface area (TPSA) is 47.4 Å². The van der Waals surface area contributed by atoms with E-state index in [-0.39, 0.29) is 12.5 Å². The van der Waals surface area contributed by atoms with Gasteiger partial charge in [0.05, 0.1) is 36.7 Å². The van der Waals surface area contributed by atoms with Gasteiger partial charge in [-0.1, -0.05) is 17.7 Å². The number of aromatic nitrogens is 2. The maximum Gasteiger partial charge on any atom is 0.257 e. The lowest BCUT2D eigenvalue weighted by molar-refractivity contribution is -0.0216. The fraction of sp³-hybridized carbons (Fsp3) is 0.375. The highest BCUT2D eigenvalue weighted by atomic mass is 35.5. The van der Waals surface area contributed by atoms with Crippen LogP contribution in [-0.4, -0.2) is 52.8 Å². The van der Waals surface area contributed by atoms with Crippen molar-refractivity contribution in [3.63, 3.8) is 0 Å². The molecule has 24 heavy (non-hydrogen) atoms. The highest BCUT2D eigenvalue weighted by Crippen LogP contribution is 2.19. The van der Waals surface area contributed by atoms with Gasteiger partial charge >= 0.3 is 0 Å². The van der Waals surface area contributed by atoms with E-state index in [2.05, 4.69) is 5.10 Å². The van der Waals surface area contributed by atoms with Crippen LogP contribution in [-0.2, 0) is 4.74 Å². The van der Waals surface area contributed by atoms with E-state index in [0.717, 1.165) is 0 Å². The Labute approximate surface area is 142 Å². The first-order chi connectivity index (χ1) is 11.5. The Bertz CT molecular complexity index is 723. The summed E-state index contributed by atoms with van der Waals surface area (Å²) in [5.74, 6) is -0.322. The maximum atomic E-state index is 12.7. The molecule has 8 heteroatoms. The predicted octanol–water partition coefficient (Wildman–Crippen LogP) is 3.02. The van der Waals surface area contributed by atoms with Crippen LogP contribution in [0, 0.1) is 0 Å². The van der Waals surface area contributed by atoms with Crippen LogP contribution >= 0.6 is 11.6 Å². The molecule has 0 spiro atoms. The summed E-state index contributed by atoms with van der Waals surface area (Å²) in [7, 11) is 0. The lowest BCUT2D eigenvalue weighted by atomic mass is 10.1. The zero-order valence-electron chi connectivity index (χ0n) is 12.7. The second-order valence-corrected chi connectivity index (χ2v) is 5.94. The number of amides is 1. The van der Waals surface area contributed by atoms with Gasteiger partial charge < -0.3 is 9.64 Å². The molecule has 128 valence electrons. The number of ether oxygens (including phenoxy) is 1. The molecule has 1 saturated heterocycles. The van der Waals surface area contributed by atoms with Crippen molar-refractivity contribution in [3.8, 4) is 5.69 Å². The third-order valence-electron chi connectivity index (χ3n) is 3.84. The summed E-state index contributed by atoms with van der Waals surface area (Å²) in [4.78, 5) is 14.1. The van der Waals surface area contributed by atoms with Gasteiger partial charge in [0.15, 0.2) is 0 Å². The highest BCUT2D eigenvalue weighted by molar-refractivity contribution is 6.30. The maximum absolute atomic E-state index is 12.7. The van der Waals surface area contributed by atoms with Gasteiger partial charge in [0.2, 0.25) is 6.43 Å². The molecule has 3 rings (SSSR count). The lowest BCUT2D eigenvalue weighted by Crippen LogP contribution is -2.49. The SMILES string of the molecule is O=C(c1cnn(-c2cccc(Cl)c2)c1)N1CCOCC1CC(F)F. The molecule has 1 aromatic heterocycles. The fourth-order valence-electron chi connectivity index (χ4n) is 2.68. The van der Waals surface area contributed by atoms with E-state index >= 15 is 0 Å². The van der Waals surface area contributed by atoms with Crippen molar-refractivity contribution in [2.24, 2.45) is 0 Å². The number of halogens is 3. The van der Waals surface area contributed by atoms with Crippen molar-refractivity contribution in [3.05, 3.63) is 47.2 Å². The van der Waals surface area contributed by atoms with Crippen LogP contribution in [0.2, 0.25) is 5.02 Å². The van der Waals surface area contributed by atoms with Crippen LogP contribution < -0.4 is 0 Å². The molecule has 2 heterocycles. The number of carbonyl (C=O) groups excluding carboxylic acids is 1. The van der Waals surface area contributed by atoms with Gasteiger partial charge in [-0.15, -0.1) is 0 Å². The van der Waals surface area contributed by atoms with Crippen LogP contribution in [0.5, 0.6) is 0 Å². The Hall–Kier alpha value is -1.99. The monoisotopic (exact) mass is 355 g/mol. The first-order valence-corrected chi connectivity index (χ1v) is 7.90. The van der Waals surface area contributed by atoms with Gasteiger partial charge in [0.25, 0.3) is 5.91 Å². The summed E-state index contributed by atoms with van der Waals surface area (Å²) in [6.45, 7) is 0.755. The number of hydrogen-bond donors (Lipinski definition) is 0. The first kappa shape index (κ1) is 16.9. The first-order valence-electron chi connectivity index (χ1n) is 7.52. The van der Waals surface area contributed by atoms with E-state index < -0.39 is 18.9 Å². The zero-order chi connectivity index (χ0) is 17.1. The van der Waals surface area contributed by atoms with Gasteiger partial charge in [-0.25, -0.2) is 13.5 Å². The zero-order valence-corrected chi connectivity index (χ0v) is 13.5. The van der Waals surface area contributed by atoms with Crippen molar-refractivity contribution in [1.29, 1.82) is 0 Å². The average molecular weight is 356 g/mol. The van der Waals surface area contributed by atoms with Crippen LogP contribution in [0.1, 0.15) is 16.8 Å². The number of rotatable bonds is 4. The third-order valence-corrected chi connectivity index (χ3v) is 4.08. The smallest absolute Gasteiger partial charge is 0.257 e. The van der Waals surface area contributed by atoms with E-state index in [9.17, 15) is 13.6 Å². The summed E-state index contributed by atoms with van der Waals surface area (Å²) in [6, 6.07) is 6.42. The quantitative estimate of drug-likeness (QED) is 0.847. The fourth-order valence-corrected chi connectivity index (χ4v) is 2.87. The average Bonchev–Trinajstić information content (AvgIpc) is 3.04. The molecule has 1 atom stereocenters. The molecule has 1 aliphatic rings. The van der Waals surface area contributed by atoms with Crippen LogP contribution in [0.25, 0.3) is 5.69 Å². The molecule has 0 radical (unpaired) electrons. The van der Waals surface area contributed by atoms with Gasteiger partial charge in [-0.2, -0.15) is 5.10 Å². The summed E-state index contributed by atoms with van der Waals surface area (Å²) < 4.78 is 32.2. The van der Waals surface area contributed by atoms with E-state index in [4.69, 9.17) is 16.3 Å². The molecule has 1 amide bonds. The summed E-state index contributed by atoms with van der Waals surface area (Å²) in [6.07, 6.45) is 0.121. The van der Waals surface area contributed by atoms with Gasteiger partial charge in [0, 0.05) is 24.2 Å². The molecule has 1 fully saturated rings. The Morgan fingerprint density at radius 1 is 1.46 bits per heavy atom. The Balaban J connectivity index is 1.79. The Morgan fingerprint density at radius 2 is 2.29 bits per heavy atom. The van der Waals surface area contributed by atoms with Crippen LogP contribution in [0.3, 0.4) is 0 Å². The number of hydrogen-bond acceptors (Lipinski definition) is 3. The van der Waals surface area contributed by atoms with Gasteiger partial charge in [-0.05, 0) is 18.2 Å². The molecule has 1 aliphatic heterocycles. The second kappa shape index (κ2) is 7.27. The highest BCUT2D eigenvalue weighted by Gasteiger charge is 2.30. The van der Waals surface area contributed by atoms with Crippen LogP contribution in [0.15, 0.2) is 36.7 Å². The standard InChI is InChI=1S/C16H16ClF2N3O2/c17-12-2-1-3-13(6-12)22-9-11(8-20-22)16(23)21-4-5-24-10-14(21)7-15(18)19/h1-3,6,8-9,14-15H,4-5,7,10H2. The molecule has 5 nitrogen and oxygen atoms in total. The number of nitrogens with zero attached hydrogens (tertiary/aromatic N) is 3. The van der Waals surface area contributed by atoms with E-state index in [0.29, 0.717) is 29.4 Å². The molecule has 0 aliphatic carbocycles. The molecule has 0 saturated carbocycles. The summed E-state index contributed by atoms with van der Waals surface area (Å²) in [5.41, 5.74) is 1.06. The minimum atomic E-state index is -2.49. The number of benzene rings is 1. The molecular formula is C16H16ClF2N3O2. The minimum Gasteiger partial charge on any atom is -0.377 e. The Morgan fingerprint density at radius 3 is 3.04 bits per heavy atom. The van der Waals surface area contributed by atoms with Gasteiger partial charge in [-0.3, -0.25) is 4.79 Å². The van der Waals surface area contributed by atoms with Crippen molar-refractivity contribution in [1.82, 2.24) is 14.7 Å². The lowest BCUT2D eigenvalue weighted by Gasteiger charge is -2.35. The molecule has 1 aromatic carbocycles. The number of alkyl halides is 2. The van der Waals surface area contributed by atoms with Gasteiger partial charge in [0.1, 0.15) is 0 Å². The largest absolute Gasteiger partial charge is 0.377 e. The Kier molecular flexibility index (Phi) is 5.11. The minimum absolute atomic E-state index is 0.124. The summed E-state index contributed by atoms with van der Waals surface area (Å²) >= 11 is 5.95.